The third-order valence-electron chi connectivity index (χ3n) is 5.13. The van der Waals surface area contributed by atoms with Crippen molar-refractivity contribution >= 4 is 21.7 Å². The van der Waals surface area contributed by atoms with E-state index >= 15 is 0 Å². The molecule has 2 saturated heterocycles. The van der Waals surface area contributed by atoms with Crippen LogP contribution in [-0.2, 0) is 19.4 Å². The number of carbonyl (C=O) groups is 2. The SMILES string of the molecule is O=C(NC1CCCCC1)C1CC(=O)N(C2CCS(=O)(=O)C2)C1. The molecule has 124 valence electrons. The van der Waals surface area contributed by atoms with Gasteiger partial charge in [-0.1, -0.05) is 19.3 Å². The van der Waals surface area contributed by atoms with Crippen molar-refractivity contribution in [1.29, 1.82) is 0 Å². The molecule has 3 fully saturated rings. The summed E-state index contributed by atoms with van der Waals surface area (Å²) in [6, 6.07) is 0.0160. The molecule has 7 heteroatoms. The van der Waals surface area contributed by atoms with E-state index in [0.717, 1.165) is 25.7 Å². The molecule has 3 rings (SSSR count). The fourth-order valence-electron chi connectivity index (χ4n) is 3.85. The van der Waals surface area contributed by atoms with Gasteiger partial charge in [-0.3, -0.25) is 9.59 Å². The van der Waals surface area contributed by atoms with Crippen molar-refractivity contribution in [1.82, 2.24) is 10.2 Å². The third kappa shape index (κ3) is 3.45. The molecule has 0 aromatic rings. The van der Waals surface area contributed by atoms with Crippen molar-refractivity contribution in [3.63, 3.8) is 0 Å². The Bertz CT molecular complexity index is 554. The summed E-state index contributed by atoms with van der Waals surface area (Å²) in [7, 11) is -3.01. The predicted molar refractivity (Wildman–Crippen MR) is 81.9 cm³/mol. The number of hydrogen-bond acceptors (Lipinski definition) is 4. The van der Waals surface area contributed by atoms with Gasteiger partial charge in [-0.15, -0.1) is 0 Å². The van der Waals surface area contributed by atoms with Gasteiger partial charge in [0.2, 0.25) is 11.8 Å². The Morgan fingerprint density at radius 3 is 2.50 bits per heavy atom. The average Bonchev–Trinajstić information content (AvgIpc) is 3.02. The minimum atomic E-state index is -3.01. The second-order valence-electron chi connectivity index (χ2n) is 6.85. The largest absolute Gasteiger partial charge is 0.353 e. The second kappa shape index (κ2) is 6.18. The molecule has 3 aliphatic rings. The summed E-state index contributed by atoms with van der Waals surface area (Å²) in [5.41, 5.74) is 0. The molecule has 2 amide bonds. The minimum Gasteiger partial charge on any atom is -0.353 e. The maximum atomic E-state index is 12.3. The van der Waals surface area contributed by atoms with Crippen LogP contribution in [0.1, 0.15) is 44.9 Å². The molecule has 2 unspecified atom stereocenters. The zero-order valence-electron chi connectivity index (χ0n) is 12.8. The average molecular weight is 328 g/mol. The van der Waals surface area contributed by atoms with Gasteiger partial charge in [0, 0.05) is 25.0 Å². The van der Waals surface area contributed by atoms with Gasteiger partial charge in [-0.2, -0.15) is 0 Å². The molecule has 0 radical (unpaired) electrons. The van der Waals surface area contributed by atoms with E-state index in [1.165, 1.54) is 6.42 Å². The lowest BCUT2D eigenvalue weighted by atomic mass is 9.95. The molecule has 0 aromatic carbocycles. The zero-order chi connectivity index (χ0) is 15.7. The van der Waals surface area contributed by atoms with Crippen molar-refractivity contribution in [2.24, 2.45) is 5.92 Å². The molecule has 1 saturated carbocycles. The van der Waals surface area contributed by atoms with Crippen molar-refractivity contribution < 1.29 is 18.0 Å². The van der Waals surface area contributed by atoms with E-state index in [-0.39, 0.29) is 47.7 Å². The van der Waals surface area contributed by atoms with Crippen molar-refractivity contribution in [2.75, 3.05) is 18.1 Å². The van der Waals surface area contributed by atoms with Gasteiger partial charge in [0.05, 0.1) is 17.4 Å². The van der Waals surface area contributed by atoms with Gasteiger partial charge in [-0.05, 0) is 19.3 Å². The highest BCUT2D eigenvalue weighted by Gasteiger charge is 2.42. The van der Waals surface area contributed by atoms with Crippen molar-refractivity contribution in [3.8, 4) is 0 Å². The molecular formula is C15H24N2O4S. The van der Waals surface area contributed by atoms with Crippen molar-refractivity contribution in [3.05, 3.63) is 0 Å². The second-order valence-corrected chi connectivity index (χ2v) is 9.08. The molecule has 0 bridgehead atoms. The van der Waals surface area contributed by atoms with Crippen LogP contribution >= 0.6 is 0 Å². The Balaban J connectivity index is 1.56. The number of sulfone groups is 1. The zero-order valence-corrected chi connectivity index (χ0v) is 13.6. The topological polar surface area (TPSA) is 83.6 Å². The smallest absolute Gasteiger partial charge is 0.225 e. The van der Waals surface area contributed by atoms with Crippen LogP contribution in [0.5, 0.6) is 0 Å². The van der Waals surface area contributed by atoms with Gasteiger partial charge in [0.1, 0.15) is 0 Å². The highest BCUT2D eigenvalue weighted by Crippen LogP contribution is 2.27. The Morgan fingerprint density at radius 1 is 1.14 bits per heavy atom. The van der Waals surface area contributed by atoms with E-state index in [2.05, 4.69) is 5.32 Å². The van der Waals surface area contributed by atoms with Crippen LogP contribution in [0.4, 0.5) is 0 Å². The highest BCUT2D eigenvalue weighted by atomic mass is 32.2. The number of hydrogen-bond donors (Lipinski definition) is 1. The lowest BCUT2D eigenvalue weighted by molar-refractivity contribution is -0.130. The number of carbonyl (C=O) groups excluding carboxylic acids is 2. The maximum absolute atomic E-state index is 12.3. The summed E-state index contributed by atoms with van der Waals surface area (Å²) in [4.78, 5) is 26.1. The van der Waals surface area contributed by atoms with Gasteiger partial charge < -0.3 is 10.2 Å². The normalized spacial score (nSPS) is 32.4. The van der Waals surface area contributed by atoms with Gasteiger partial charge in [0.15, 0.2) is 9.84 Å². The van der Waals surface area contributed by atoms with Crippen LogP contribution in [0.3, 0.4) is 0 Å². The van der Waals surface area contributed by atoms with Crippen LogP contribution < -0.4 is 5.32 Å². The van der Waals surface area contributed by atoms with E-state index < -0.39 is 9.84 Å². The van der Waals surface area contributed by atoms with Crippen LogP contribution in [0.15, 0.2) is 0 Å². The fourth-order valence-corrected chi connectivity index (χ4v) is 5.58. The monoisotopic (exact) mass is 328 g/mol. The van der Waals surface area contributed by atoms with E-state index in [0.29, 0.717) is 13.0 Å². The predicted octanol–water partition coefficient (Wildman–Crippen LogP) is 0.471. The first-order valence-electron chi connectivity index (χ1n) is 8.25. The molecule has 2 aliphatic heterocycles. The maximum Gasteiger partial charge on any atom is 0.225 e. The molecule has 22 heavy (non-hydrogen) atoms. The molecular weight excluding hydrogens is 304 g/mol. The van der Waals surface area contributed by atoms with Crippen LogP contribution in [0, 0.1) is 5.92 Å². The molecule has 0 aromatic heterocycles. The van der Waals surface area contributed by atoms with E-state index in [9.17, 15) is 18.0 Å². The summed E-state index contributed by atoms with van der Waals surface area (Å²) in [6.07, 6.45) is 6.31. The highest BCUT2D eigenvalue weighted by molar-refractivity contribution is 7.91. The van der Waals surface area contributed by atoms with E-state index in [1.54, 1.807) is 4.90 Å². The summed E-state index contributed by atoms with van der Waals surface area (Å²) in [6.45, 7) is 0.373. The van der Waals surface area contributed by atoms with Gasteiger partial charge in [-0.25, -0.2) is 8.42 Å². The summed E-state index contributed by atoms with van der Waals surface area (Å²) in [5.74, 6) is -0.233. The lowest BCUT2D eigenvalue weighted by Crippen LogP contribution is -2.42. The Morgan fingerprint density at radius 2 is 1.86 bits per heavy atom. The van der Waals surface area contributed by atoms with Crippen LogP contribution in [0.25, 0.3) is 0 Å². The number of likely N-dealkylation sites (tertiary alicyclic amines) is 1. The van der Waals surface area contributed by atoms with Gasteiger partial charge in [0.25, 0.3) is 0 Å². The quantitative estimate of drug-likeness (QED) is 0.816. The Hall–Kier alpha value is -1.11. The van der Waals surface area contributed by atoms with Gasteiger partial charge >= 0.3 is 0 Å². The molecule has 0 spiro atoms. The first kappa shape index (κ1) is 15.8. The molecule has 6 nitrogen and oxygen atoms in total. The third-order valence-corrected chi connectivity index (χ3v) is 6.88. The lowest BCUT2D eigenvalue weighted by Gasteiger charge is -2.25. The Kier molecular flexibility index (Phi) is 4.43. The number of amides is 2. The summed E-state index contributed by atoms with van der Waals surface area (Å²) in [5, 5.41) is 3.07. The fraction of sp³-hybridized carbons (Fsp3) is 0.867. The minimum absolute atomic E-state index is 0.0383. The van der Waals surface area contributed by atoms with Crippen LogP contribution in [0.2, 0.25) is 0 Å². The van der Waals surface area contributed by atoms with Crippen LogP contribution in [-0.4, -0.2) is 55.3 Å². The standard InChI is InChI=1S/C15H24N2O4S/c18-14-8-11(15(19)16-12-4-2-1-3-5-12)9-17(14)13-6-7-22(20,21)10-13/h11-13H,1-10H2,(H,16,19). The number of nitrogens with one attached hydrogen (secondary N) is 1. The van der Waals surface area contributed by atoms with E-state index in [1.807, 2.05) is 0 Å². The van der Waals surface area contributed by atoms with E-state index in [4.69, 9.17) is 0 Å². The first-order chi connectivity index (χ1) is 10.4. The molecule has 2 atom stereocenters. The number of nitrogens with zero attached hydrogens (tertiary/aromatic N) is 1. The first-order valence-corrected chi connectivity index (χ1v) is 10.1. The Labute approximate surface area is 131 Å². The molecule has 1 N–H and O–H groups in total. The summed E-state index contributed by atoms with van der Waals surface area (Å²) < 4.78 is 23.1. The molecule has 1 aliphatic carbocycles. The summed E-state index contributed by atoms with van der Waals surface area (Å²) >= 11 is 0. The number of rotatable bonds is 3. The molecule has 2 heterocycles. The van der Waals surface area contributed by atoms with Crippen molar-refractivity contribution in [2.45, 2.75) is 57.0 Å².